The highest BCUT2D eigenvalue weighted by Gasteiger charge is 2.20. The lowest BCUT2D eigenvalue weighted by Gasteiger charge is -2.09. The number of hydrogen-bond donors (Lipinski definition) is 1. The first-order chi connectivity index (χ1) is 9.68. The first-order valence-corrected chi connectivity index (χ1v) is 8.19. The van der Waals surface area contributed by atoms with Crippen LogP contribution in [-0.2, 0) is 9.84 Å². The van der Waals surface area contributed by atoms with E-state index in [9.17, 15) is 8.42 Å². The van der Waals surface area contributed by atoms with Crippen molar-refractivity contribution in [2.45, 2.75) is 22.1 Å². The summed E-state index contributed by atoms with van der Waals surface area (Å²) < 4.78 is 24.9. The average molecular weight is 286 g/mol. The number of benzene rings is 2. The molecule has 1 N–H and O–H groups in total. The Labute approximate surface area is 119 Å². The van der Waals surface area contributed by atoms with Gasteiger partial charge in [-0.3, -0.25) is 0 Å². The quantitative estimate of drug-likeness (QED) is 0.942. The Morgan fingerprint density at radius 3 is 2.45 bits per heavy atom. The van der Waals surface area contributed by atoms with Gasteiger partial charge in [0.05, 0.1) is 9.79 Å². The molecule has 1 heterocycles. The van der Waals surface area contributed by atoms with Gasteiger partial charge in [-0.1, -0.05) is 24.3 Å². The molecule has 1 aliphatic heterocycles. The van der Waals surface area contributed by atoms with E-state index < -0.39 is 9.84 Å². The molecule has 0 spiro atoms. The summed E-state index contributed by atoms with van der Waals surface area (Å²) in [5.41, 5.74) is 1.09. The van der Waals surface area contributed by atoms with E-state index in [1.165, 1.54) is 0 Å². The van der Waals surface area contributed by atoms with Crippen molar-refractivity contribution >= 4 is 9.84 Å². The molecule has 2 aromatic rings. The van der Waals surface area contributed by atoms with Crippen molar-refractivity contribution in [2.75, 3.05) is 13.1 Å². The average Bonchev–Trinajstić information content (AvgIpc) is 3.02. The molecular formula is C16H16NO2S. The molecule has 0 aliphatic carbocycles. The Balaban J connectivity index is 1.91. The largest absolute Gasteiger partial charge is 0.316 e. The summed E-state index contributed by atoms with van der Waals surface area (Å²) in [4.78, 5) is 0.627. The summed E-state index contributed by atoms with van der Waals surface area (Å²) in [5, 5.41) is 3.30. The van der Waals surface area contributed by atoms with Crippen LogP contribution in [0.3, 0.4) is 0 Å². The molecule has 0 unspecified atom stereocenters. The van der Waals surface area contributed by atoms with Crippen LogP contribution in [0.5, 0.6) is 0 Å². The van der Waals surface area contributed by atoms with Crippen molar-refractivity contribution < 1.29 is 8.42 Å². The van der Waals surface area contributed by atoms with E-state index in [1.54, 1.807) is 42.5 Å². The van der Waals surface area contributed by atoms with Gasteiger partial charge in [0, 0.05) is 6.54 Å². The first kappa shape index (κ1) is 13.3. The van der Waals surface area contributed by atoms with E-state index in [0.717, 1.165) is 25.1 Å². The van der Waals surface area contributed by atoms with Crippen LogP contribution in [0, 0.1) is 6.07 Å². The van der Waals surface area contributed by atoms with Crippen LogP contribution in [-0.4, -0.2) is 21.5 Å². The summed E-state index contributed by atoms with van der Waals surface area (Å²) >= 11 is 0. The predicted octanol–water partition coefficient (Wildman–Crippen LogP) is 2.40. The molecule has 3 nitrogen and oxygen atoms in total. The van der Waals surface area contributed by atoms with Gasteiger partial charge in [-0.15, -0.1) is 0 Å². The second-order valence-corrected chi connectivity index (χ2v) is 6.94. The van der Waals surface area contributed by atoms with Gasteiger partial charge in [0.2, 0.25) is 9.84 Å². The molecule has 0 aromatic heterocycles. The maximum atomic E-state index is 12.4. The summed E-state index contributed by atoms with van der Waals surface area (Å²) in [5.74, 6) is 0.448. The van der Waals surface area contributed by atoms with Gasteiger partial charge < -0.3 is 5.32 Å². The Bertz CT molecular complexity index is 672. The second-order valence-electron chi connectivity index (χ2n) is 4.99. The Hall–Kier alpha value is -1.65. The van der Waals surface area contributed by atoms with Crippen LogP contribution in [0.25, 0.3) is 0 Å². The molecule has 0 saturated carbocycles. The maximum Gasteiger partial charge on any atom is 0.206 e. The minimum absolute atomic E-state index is 0.304. The molecule has 1 saturated heterocycles. The van der Waals surface area contributed by atoms with Gasteiger partial charge in [-0.2, -0.15) is 0 Å². The fourth-order valence-electron chi connectivity index (χ4n) is 2.50. The zero-order chi connectivity index (χ0) is 14.0. The molecule has 20 heavy (non-hydrogen) atoms. The van der Waals surface area contributed by atoms with Crippen LogP contribution >= 0.6 is 0 Å². The van der Waals surface area contributed by atoms with Gasteiger partial charge in [-0.25, -0.2) is 8.42 Å². The summed E-state index contributed by atoms with van der Waals surface area (Å²) in [6, 6.07) is 16.8. The third-order valence-electron chi connectivity index (χ3n) is 3.67. The lowest BCUT2D eigenvalue weighted by atomic mass is 9.99. The first-order valence-electron chi connectivity index (χ1n) is 6.70. The minimum Gasteiger partial charge on any atom is -0.316 e. The molecule has 0 bridgehead atoms. The zero-order valence-corrected chi connectivity index (χ0v) is 11.9. The Morgan fingerprint density at radius 1 is 1.05 bits per heavy atom. The van der Waals surface area contributed by atoms with E-state index in [0.29, 0.717) is 15.7 Å². The topological polar surface area (TPSA) is 46.2 Å². The van der Waals surface area contributed by atoms with Crippen LogP contribution in [0.15, 0.2) is 58.3 Å². The van der Waals surface area contributed by atoms with Crippen LogP contribution < -0.4 is 5.32 Å². The Morgan fingerprint density at radius 2 is 1.85 bits per heavy atom. The van der Waals surface area contributed by atoms with Crippen molar-refractivity contribution in [3.05, 3.63) is 60.2 Å². The van der Waals surface area contributed by atoms with E-state index >= 15 is 0 Å². The highest BCUT2D eigenvalue weighted by atomic mass is 32.2. The molecule has 4 heteroatoms. The molecule has 1 fully saturated rings. The lowest BCUT2D eigenvalue weighted by Crippen LogP contribution is -2.08. The van der Waals surface area contributed by atoms with Crippen LogP contribution in [0.4, 0.5) is 0 Å². The van der Waals surface area contributed by atoms with Gasteiger partial charge in [0.25, 0.3) is 0 Å². The maximum absolute atomic E-state index is 12.4. The zero-order valence-electron chi connectivity index (χ0n) is 11.0. The summed E-state index contributed by atoms with van der Waals surface area (Å²) in [6.45, 7) is 1.96. The van der Waals surface area contributed by atoms with Crippen LogP contribution in [0.1, 0.15) is 17.9 Å². The van der Waals surface area contributed by atoms with Crippen molar-refractivity contribution in [1.82, 2.24) is 5.32 Å². The van der Waals surface area contributed by atoms with Crippen molar-refractivity contribution in [3.8, 4) is 0 Å². The third-order valence-corrected chi connectivity index (χ3v) is 5.44. The molecular weight excluding hydrogens is 270 g/mol. The lowest BCUT2D eigenvalue weighted by molar-refractivity contribution is 0.596. The van der Waals surface area contributed by atoms with Crippen LogP contribution in [0.2, 0.25) is 0 Å². The molecule has 1 atom stereocenters. The normalized spacial score (nSPS) is 19.1. The number of rotatable bonds is 3. The number of hydrogen-bond acceptors (Lipinski definition) is 3. The molecule has 0 amide bonds. The van der Waals surface area contributed by atoms with E-state index in [-0.39, 0.29) is 0 Å². The Kier molecular flexibility index (Phi) is 3.59. The monoisotopic (exact) mass is 286 g/mol. The van der Waals surface area contributed by atoms with E-state index in [1.807, 2.05) is 6.07 Å². The molecule has 1 radical (unpaired) electrons. The highest BCUT2D eigenvalue weighted by Crippen LogP contribution is 2.25. The van der Waals surface area contributed by atoms with E-state index in [2.05, 4.69) is 11.4 Å². The fraction of sp³-hybridized carbons (Fsp3) is 0.250. The third kappa shape index (κ3) is 2.49. The predicted molar refractivity (Wildman–Crippen MR) is 77.4 cm³/mol. The standard InChI is InChI=1S/C16H16NO2S/c18-20(19,15-4-2-1-3-5-15)16-8-6-13(7-9-16)14-10-11-17-12-14/h1-6,8-9,14,17H,10-12H2/t14-/m1/s1. The smallest absolute Gasteiger partial charge is 0.206 e. The molecule has 2 aromatic carbocycles. The van der Waals surface area contributed by atoms with Gasteiger partial charge >= 0.3 is 0 Å². The number of nitrogens with one attached hydrogen (secondary N) is 1. The van der Waals surface area contributed by atoms with Crippen molar-refractivity contribution in [2.24, 2.45) is 0 Å². The van der Waals surface area contributed by atoms with Crippen molar-refractivity contribution in [3.63, 3.8) is 0 Å². The summed E-state index contributed by atoms with van der Waals surface area (Å²) in [6.07, 6.45) is 1.08. The second kappa shape index (κ2) is 5.38. The van der Waals surface area contributed by atoms with Gasteiger partial charge in [0.15, 0.2) is 0 Å². The fourth-order valence-corrected chi connectivity index (χ4v) is 3.75. The van der Waals surface area contributed by atoms with Crippen molar-refractivity contribution in [1.29, 1.82) is 0 Å². The molecule has 103 valence electrons. The highest BCUT2D eigenvalue weighted by molar-refractivity contribution is 7.91. The minimum atomic E-state index is -3.43. The van der Waals surface area contributed by atoms with Gasteiger partial charge in [0.1, 0.15) is 0 Å². The van der Waals surface area contributed by atoms with Gasteiger partial charge in [-0.05, 0) is 54.8 Å². The SMILES string of the molecule is O=S(=O)(c1c[c]c([C@@H]2CCNC2)cc1)c1ccccc1. The molecule has 1 aliphatic rings. The van der Waals surface area contributed by atoms with E-state index in [4.69, 9.17) is 0 Å². The summed E-state index contributed by atoms with van der Waals surface area (Å²) in [7, 11) is -3.43. The number of sulfone groups is 1. The molecule has 3 rings (SSSR count).